The molecule has 0 spiro atoms. The highest BCUT2D eigenvalue weighted by molar-refractivity contribution is 5.85. The Hall–Kier alpha value is 0.210. The highest BCUT2D eigenvalue weighted by Crippen LogP contribution is 1.60. The molecular formula is C3H9ClO2. The molecule has 0 aliphatic carbocycles. The van der Waals surface area contributed by atoms with Gasteiger partial charge in [-0.3, -0.25) is 0 Å². The maximum Gasteiger partial charge on any atom is 0.145 e. The zero-order valence-electron chi connectivity index (χ0n) is 3.93. The molecule has 0 aromatic rings. The second-order valence-electron chi connectivity index (χ2n) is 0.695. The third-order valence-electron chi connectivity index (χ3n) is 0.236. The van der Waals surface area contributed by atoms with Crippen molar-refractivity contribution < 1.29 is 9.47 Å². The van der Waals surface area contributed by atoms with E-state index in [0.29, 0.717) is 6.79 Å². The minimum Gasteiger partial charge on any atom is -0.359 e. The van der Waals surface area contributed by atoms with Crippen molar-refractivity contribution in [3.63, 3.8) is 0 Å². The van der Waals surface area contributed by atoms with Crippen molar-refractivity contribution in [3.8, 4) is 0 Å². The van der Waals surface area contributed by atoms with Gasteiger partial charge in [0.05, 0.1) is 0 Å². The van der Waals surface area contributed by atoms with E-state index in [9.17, 15) is 0 Å². The summed E-state index contributed by atoms with van der Waals surface area (Å²) in [5, 5.41) is 0. The predicted octanol–water partition coefficient (Wildman–Crippen LogP) is 0.659. The van der Waals surface area contributed by atoms with Gasteiger partial charge in [-0.2, -0.15) is 0 Å². The lowest BCUT2D eigenvalue weighted by molar-refractivity contribution is -0.00271. The highest BCUT2D eigenvalue weighted by atomic mass is 35.5. The summed E-state index contributed by atoms with van der Waals surface area (Å²) in [4.78, 5) is 0. The van der Waals surface area contributed by atoms with Crippen molar-refractivity contribution in [3.05, 3.63) is 0 Å². The first-order valence-electron chi connectivity index (χ1n) is 1.39. The van der Waals surface area contributed by atoms with Gasteiger partial charge in [0.25, 0.3) is 0 Å². The van der Waals surface area contributed by atoms with Gasteiger partial charge >= 0.3 is 0 Å². The van der Waals surface area contributed by atoms with Crippen molar-refractivity contribution in [2.45, 2.75) is 0 Å². The van der Waals surface area contributed by atoms with E-state index in [1.807, 2.05) is 0 Å². The maximum absolute atomic E-state index is 4.47. The van der Waals surface area contributed by atoms with Crippen LogP contribution in [0.15, 0.2) is 0 Å². The molecule has 0 aromatic carbocycles. The Bertz CT molecular complexity index is 16.3. The summed E-state index contributed by atoms with van der Waals surface area (Å²) in [7, 11) is 3.17. The lowest BCUT2D eigenvalue weighted by atomic mass is 11.4. The summed E-state index contributed by atoms with van der Waals surface area (Å²) in [6, 6.07) is 0. The average Bonchev–Trinajstić information content (AvgIpc) is 1.41. The maximum atomic E-state index is 4.47. The van der Waals surface area contributed by atoms with E-state index < -0.39 is 0 Å². The van der Waals surface area contributed by atoms with E-state index in [1.165, 1.54) is 0 Å². The molecule has 0 heterocycles. The van der Waals surface area contributed by atoms with E-state index in [0.717, 1.165) is 0 Å². The van der Waals surface area contributed by atoms with E-state index in [-0.39, 0.29) is 12.4 Å². The Kier molecular flexibility index (Phi) is 14.2. The van der Waals surface area contributed by atoms with Crippen molar-refractivity contribution in [2.24, 2.45) is 0 Å². The quantitative estimate of drug-likeness (QED) is 0.489. The topological polar surface area (TPSA) is 18.5 Å². The average molecular weight is 113 g/mol. The van der Waals surface area contributed by atoms with Crippen LogP contribution in [-0.2, 0) is 9.47 Å². The normalized spacial score (nSPS) is 7.00. The van der Waals surface area contributed by atoms with Crippen LogP contribution in [0.1, 0.15) is 0 Å². The minimum atomic E-state index is 0. The van der Waals surface area contributed by atoms with E-state index >= 15 is 0 Å². The summed E-state index contributed by atoms with van der Waals surface area (Å²) in [5.74, 6) is 0. The number of hydrogen-bond donors (Lipinski definition) is 0. The standard InChI is InChI=1S/C3H8O2.ClH/c1-4-3-5-2;/h3H2,1-2H3;1H. The van der Waals surface area contributed by atoms with Crippen LogP contribution >= 0.6 is 12.4 Å². The molecule has 0 saturated carbocycles. The van der Waals surface area contributed by atoms with Gasteiger partial charge in [-0.15, -0.1) is 12.4 Å². The van der Waals surface area contributed by atoms with Gasteiger partial charge < -0.3 is 9.47 Å². The Morgan fingerprint density at radius 3 is 1.50 bits per heavy atom. The number of rotatable bonds is 2. The lowest BCUT2D eigenvalue weighted by Crippen LogP contribution is -1.87. The molecule has 0 rings (SSSR count). The Balaban J connectivity index is 0. The number of halogens is 1. The summed E-state index contributed by atoms with van der Waals surface area (Å²) < 4.78 is 8.94. The largest absolute Gasteiger partial charge is 0.359 e. The monoisotopic (exact) mass is 112 g/mol. The van der Waals surface area contributed by atoms with Crippen LogP contribution in [0.2, 0.25) is 0 Å². The molecule has 0 N–H and O–H groups in total. The molecule has 0 aliphatic rings. The fraction of sp³-hybridized carbons (Fsp3) is 1.00. The third-order valence-corrected chi connectivity index (χ3v) is 0.236. The van der Waals surface area contributed by atoms with E-state index in [2.05, 4.69) is 9.47 Å². The molecule has 0 saturated heterocycles. The third kappa shape index (κ3) is 8.88. The molecule has 0 aliphatic heterocycles. The molecule has 0 unspecified atom stereocenters. The Labute approximate surface area is 43.8 Å². The molecular weight excluding hydrogens is 103 g/mol. The molecule has 0 aromatic heterocycles. The molecule has 0 atom stereocenters. The van der Waals surface area contributed by atoms with E-state index in [4.69, 9.17) is 0 Å². The lowest BCUT2D eigenvalue weighted by Gasteiger charge is -1.87. The molecule has 0 bridgehead atoms. The van der Waals surface area contributed by atoms with Crippen LogP contribution < -0.4 is 0 Å². The van der Waals surface area contributed by atoms with Gasteiger partial charge in [0.2, 0.25) is 0 Å². The molecule has 0 radical (unpaired) electrons. The van der Waals surface area contributed by atoms with Crippen molar-refractivity contribution in [2.75, 3.05) is 21.0 Å². The fourth-order valence-corrected chi connectivity index (χ4v) is 0.118. The zero-order chi connectivity index (χ0) is 4.12. The SMILES string of the molecule is COCOC.Cl. The summed E-state index contributed by atoms with van der Waals surface area (Å²) in [6.07, 6.45) is 0. The highest BCUT2D eigenvalue weighted by Gasteiger charge is 1.63. The van der Waals surface area contributed by atoms with E-state index in [1.54, 1.807) is 14.2 Å². The second-order valence-corrected chi connectivity index (χ2v) is 0.695. The number of ether oxygens (including phenoxy) is 2. The minimum absolute atomic E-state index is 0. The fourth-order valence-electron chi connectivity index (χ4n) is 0.118. The van der Waals surface area contributed by atoms with Crippen LogP contribution in [0.25, 0.3) is 0 Å². The molecule has 0 fully saturated rings. The Morgan fingerprint density at radius 1 is 1.17 bits per heavy atom. The van der Waals surface area contributed by atoms with Gasteiger partial charge in [0.1, 0.15) is 6.79 Å². The zero-order valence-corrected chi connectivity index (χ0v) is 4.75. The molecule has 6 heavy (non-hydrogen) atoms. The number of hydrogen-bond acceptors (Lipinski definition) is 2. The summed E-state index contributed by atoms with van der Waals surface area (Å²) in [6.45, 7) is 0.389. The molecule has 3 heteroatoms. The predicted molar refractivity (Wildman–Crippen MR) is 26.1 cm³/mol. The molecule has 40 valence electrons. The Morgan fingerprint density at radius 2 is 1.50 bits per heavy atom. The summed E-state index contributed by atoms with van der Waals surface area (Å²) >= 11 is 0. The van der Waals surface area contributed by atoms with Crippen LogP contribution in [0.5, 0.6) is 0 Å². The first-order chi connectivity index (χ1) is 2.41. The number of methoxy groups -OCH3 is 2. The van der Waals surface area contributed by atoms with Crippen molar-refractivity contribution in [1.29, 1.82) is 0 Å². The van der Waals surface area contributed by atoms with Crippen LogP contribution in [0.4, 0.5) is 0 Å². The molecule has 2 nitrogen and oxygen atoms in total. The summed E-state index contributed by atoms with van der Waals surface area (Å²) in [5.41, 5.74) is 0. The van der Waals surface area contributed by atoms with Gasteiger partial charge in [-0.25, -0.2) is 0 Å². The van der Waals surface area contributed by atoms with Crippen LogP contribution in [0.3, 0.4) is 0 Å². The smallest absolute Gasteiger partial charge is 0.145 e. The van der Waals surface area contributed by atoms with Gasteiger partial charge in [0, 0.05) is 14.2 Å². The van der Waals surface area contributed by atoms with Crippen molar-refractivity contribution >= 4 is 12.4 Å². The van der Waals surface area contributed by atoms with Gasteiger partial charge in [-0.05, 0) is 0 Å². The van der Waals surface area contributed by atoms with Gasteiger partial charge in [0.15, 0.2) is 0 Å². The van der Waals surface area contributed by atoms with Crippen molar-refractivity contribution in [1.82, 2.24) is 0 Å². The van der Waals surface area contributed by atoms with Crippen LogP contribution in [0, 0.1) is 0 Å². The van der Waals surface area contributed by atoms with Crippen LogP contribution in [-0.4, -0.2) is 21.0 Å². The van der Waals surface area contributed by atoms with Gasteiger partial charge in [-0.1, -0.05) is 0 Å². The first-order valence-corrected chi connectivity index (χ1v) is 1.39. The second kappa shape index (κ2) is 8.96. The molecule has 0 amide bonds. The first kappa shape index (κ1) is 9.51.